The number of hydrogen-bond acceptors (Lipinski definition) is 5. The summed E-state index contributed by atoms with van der Waals surface area (Å²) in [5.74, 6) is 0. The van der Waals surface area contributed by atoms with Gasteiger partial charge < -0.3 is 16.8 Å². The summed E-state index contributed by atoms with van der Waals surface area (Å²) < 4.78 is 0. The molecule has 5 N–H and O–H groups in total. The molecule has 0 atom stereocenters. The van der Waals surface area contributed by atoms with Crippen molar-refractivity contribution in [2.24, 2.45) is 0 Å². The Morgan fingerprint density at radius 1 is 0.800 bits per heavy atom. The van der Waals surface area contributed by atoms with Crippen LogP contribution in [0.25, 0.3) is 11.1 Å². The largest absolute Gasteiger partial charge is 0.399 e. The van der Waals surface area contributed by atoms with Gasteiger partial charge in [-0.25, -0.2) is 0 Å². The van der Waals surface area contributed by atoms with Crippen molar-refractivity contribution in [1.82, 2.24) is 0 Å². The molecule has 3 aromatic rings. The number of hydrogen-bond donors (Lipinski definition) is 3. The van der Waals surface area contributed by atoms with Crippen LogP contribution in [0, 0.1) is 0 Å². The molecule has 4 rings (SSSR count). The highest BCUT2D eigenvalue weighted by Gasteiger charge is 2.18. The zero-order valence-corrected chi connectivity index (χ0v) is 15.0. The third kappa shape index (κ3) is 3.29. The van der Waals surface area contributed by atoms with E-state index < -0.39 is 0 Å². The Morgan fingerprint density at radius 2 is 1.60 bits per heavy atom. The van der Waals surface area contributed by atoms with Crippen LogP contribution in [0.2, 0.25) is 0 Å². The number of para-hydroxylation sites is 2. The summed E-state index contributed by atoms with van der Waals surface area (Å²) in [6, 6.07) is 20.4. The second kappa shape index (κ2) is 6.70. The second-order valence-electron chi connectivity index (χ2n) is 5.70. The fraction of sp³-hybridized carbons (Fsp3) is 0. The molecule has 0 aliphatic carbocycles. The van der Waals surface area contributed by atoms with Gasteiger partial charge in [0.25, 0.3) is 0 Å². The quantitative estimate of drug-likeness (QED) is 0.393. The summed E-state index contributed by atoms with van der Waals surface area (Å²) >= 11 is 3.29. The van der Waals surface area contributed by atoms with Crippen molar-refractivity contribution in [2.45, 2.75) is 9.79 Å². The van der Waals surface area contributed by atoms with Crippen molar-refractivity contribution in [1.29, 1.82) is 0 Å². The lowest BCUT2D eigenvalue weighted by atomic mass is 10.0. The predicted molar refractivity (Wildman–Crippen MR) is 110 cm³/mol. The Kier molecular flexibility index (Phi) is 4.26. The Balaban J connectivity index is 1.91. The van der Waals surface area contributed by atoms with Crippen LogP contribution in [0.4, 0.5) is 22.7 Å². The van der Waals surface area contributed by atoms with E-state index in [1.807, 2.05) is 35.0 Å². The van der Waals surface area contributed by atoms with Gasteiger partial charge in [0.1, 0.15) is 0 Å². The van der Waals surface area contributed by atoms with Crippen molar-refractivity contribution in [3.05, 3.63) is 71.4 Å². The van der Waals surface area contributed by atoms with Crippen molar-refractivity contribution in [3.63, 3.8) is 0 Å². The van der Waals surface area contributed by atoms with Crippen molar-refractivity contribution in [2.75, 3.05) is 16.8 Å². The van der Waals surface area contributed by atoms with Gasteiger partial charge in [-0.3, -0.25) is 0 Å². The number of nitrogen functional groups attached to an aromatic ring is 2. The number of fused-ring (bicyclic) bond motifs is 2. The van der Waals surface area contributed by atoms with Crippen LogP contribution < -0.4 is 16.8 Å². The zero-order chi connectivity index (χ0) is 17.2. The van der Waals surface area contributed by atoms with Gasteiger partial charge in [0.05, 0.1) is 11.4 Å². The van der Waals surface area contributed by atoms with E-state index >= 15 is 0 Å². The van der Waals surface area contributed by atoms with E-state index in [0.717, 1.165) is 22.5 Å². The summed E-state index contributed by atoms with van der Waals surface area (Å²) in [5, 5.41) is 7.42. The lowest BCUT2D eigenvalue weighted by Crippen LogP contribution is -2.01. The summed E-state index contributed by atoms with van der Waals surface area (Å²) in [4.78, 5) is 2.42. The topological polar surface area (TPSA) is 64.1 Å². The Morgan fingerprint density at radius 3 is 2.52 bits per heavy atom. The number of rotatable bonds is 1. The van der Waals surface area contributed by atoms with Crippen LogP contribution in [0.5, 0.6) is 0 Å². The molecule has 2 heterocycles. The summed E-state index contributed by atoms with van der Waals surface area (Å²) in [5.41, 5.74) is 17.9. The lowest BCUT2D eigenvalue weighted by molar-refractivity contribution is 1.32. The molecule has 25 heavy (non-hydrogen) atoms. The van der Waals surface area contributed by atoms with E-state index in [0.29, 0.717) is 11.4 Å². The SMILES string of the molecule is Nc1ccscc(N)cc(-c2cccc3c2Nc2ccccc2S3)c1. The van der Waals surface area contributed by atoms with Crippen LogP contribution in [0.1, 0.15) is 0 Å². The van der Waals surface area contributed by atoms with Gasteiger partial charge >= 0.3 is 0 Å². The molecular weight excluding hydrogens is 346 g/mol. The van der Waals surface area contributed by atoms with Crippen molar-refractivity contribution >= 4 is 45.8 Å². The minimum Gasteiger partial charge on any atom is -0.399 e. The average molecular weight is 364 g/mol. The Hall–Kier alpha value is -2.63. The van der Waals surface area contributed by atoms with E-state index in [1.165, 1.54) is 21.1 Å². The molecule has 0 saturated heterocycles. The first-order chi connectivity index (χ1) is 12.2. The third-order valence-electron chi connectivity index (χ3n) is 3.89. The molecule has 1 aliphatic rings. The fourth-order valence-corrected chi connectivity index (χ4v) is 4.33. The normalized spacial score (nSPS) is 11.7. The van der Waals surface area contributed by atoms with Gasteiger partial charge in [0.15, 0.2) is 0 Å². The highest BCUT2D eigenvalue weighted by Crippen LogP contribution is 2.47. The smallest absolute Gasteiger partial charge is 0.0606 e. The molecule has 1 aromatic heterocycles. The molecule has 0 bridgehead atoms. The number of anilines is 4. The second-order valence-corrected chi connectivity index (χ2v) is 7.57. The van der Waals surface area contributed by atoms with Crippen LogP contribution in [-0.4, -0.2) is 0 Å². The molecular formula is C20H17N3S2. The number of nitrogens with two attached hydrogens (primary N) is 2. The molecule has 0 amide bonds. The van der Waals surface area contributed by atoms with Gasteiger partial charge in [0, 0.05) is 32.1 Å². The summed E-state index contributed by atoms with van der Waals surface area (Å²) in [6.07, 6.45) is 0. The molecule has 1 aliphatic heterocycles. The number of nitrogens with one attached hydrogen (secondary N) is 1. The number of benzene rings is 2. The van der Waals surface area contributed by atoms with Crippen molar-refractivity contribution < 1.29 is 0 Å². The van der Waals surface area contributed by atoms with Gasteiger partial charge in [0.2, 0.25) is 0 Å². The van der Waals surface area contributed by atoms with E-state index in [9.17, 15) is 0 Å². The minimum atomic E-state index is 0.698. The molecule has 0 saturated carbocycles. The first-order valence-corrected chi connectivity index (χ1v) is 9.60. The summed E-state index contributed by atoms with van der Waals surface area (Å²) in [7, 11) is 0. The standard InChI is InChI=1S/C20H17N3S2/c21-14-8-9-24-12-15(22)11-13(10-14)16-4-3-7-19-20(16)23-17-5-1-2-6-18(17)25-19/h1-12,23H,21-22H2. The van der Waals surface area contributed by atoms with Gasteiger partial charge in [-0.2, -0.15) is 11.3 Å². The Labute approximate surface area is 155 Å². The van der Waals surface area contributed by atoms with Crippen LogP contribution in [0.15, 0.2) is 81.2 Å². The van der Waals surface area contributed by atoms with E-state index in [1.54, 1.807) is 11.8 Å². The van der Waals surface area contributed by atoms with Gasteiger partial charge in [-0.05, 0) is 47.3 Å². The van der Waals surface area contributed by atoms with Gasteiger partial charge in [-0.1, -0.05) is 36.0 Å². The lowest BCUT2D eigenvalue weighted by Gasteiger charge is -2.23. The molecule has 0 unspecified atom stereocenters. The average Bonchev–Trinajstić information content (AvgIpc) is 2.70. The Bertz CT molecular complexity index is 964. The first-order valence-electron chi connectivity index (χ1n) is 7.84. The highest BCUT2D eigenvalue weighted by molar-refractivity contribution is 7.99. The van der Waals surface area contributed by atoms with Crippen LogP contribution in [-0.2, 0) is 0 Å². The van der Waals surface area contributed by atoms with E-state index in [4.69, 9.17) is 11.5 Å². The zero-order valence-electron chi connectivity index (χ0n) is 13.4. The van der Waals surface area contributed by atoms with Crippen molar-refractivity contribution in [3.8, 4) is 11.1 Å². The van der Waals surface area contributed by atoms with Crippen LogP contribution in [0.3, 0.4) is 0 Å². The molecule has 124 valence electrons. The van der Waals surface area contributed by atoms with E-state index in [2.05, 4.69) is 41.7 Å². The maximum absolute atomic E-state index is 6.13. The molecule has 0 radical (unpaired) electrons. The van der Waals surface area contributed by atoms with Crippen LogP contribution >= 0.6 is 23.1 Å². The maximum atomic E-state index is 6.13. The molecule has 3 nitrogen and oxygen atoms in total. The highest BCUT2D eigenvalue weighted by atomic mass is 32.2. The van der Waals surface area contributed by atoms with Gasteiger partial charge in [-0.15, -0.1) is 0 Å². The summed E-state index contributed by atoms with van der Waals surface area (Å²) in [6.45, 7) is 0. The fourth-order valence-electron chi connectivity index (χ4n) is 2.77. The third-order valence-corrected chi connectivity index (χ3v) is 5.73. The van der Waals surface area contributed by atoms with E-state index in [-0.39, 0.29) is 0 Å². The molecule has 0 spiro atoms. The monoisotopic (exact) mass is 363 g/mol. The first kappa shape index (κ1) is 15.9. The molecule has 0 fully saturated rings. The minimum absolute atomic E-state index is 0.698. The molecule has 2 aromatic carbocycles. The predicted octanol–water partition coefficient (Wildman–Crippen LogP) is 5.91. The maximum Gasteiger partial charge on any atom is 0.0606 e. The molecule has 5 heteroatoms.